The van der Waals surface area contributed by atoms with E-state index < -0.39 is 16.8 Å². The molecule has 30 heavy (non-hydrogen) atoms. The minimum atomic E-state index is -1.27. The van der Waals surface area contributed by atoms with Crippen molar-refractivity contribution in [3.63, 3.8) is 0 Å². The van der Waals surface area contributed by atoms with Crippen molar-refractivity contribution in [2.24, 2.45) is 0 Å². The van der Waals surface area contributed by atoms with Gasteiger partial charge in [0.25, 0.3) is 5.91 Å². The van der Waals surface area contributed by atoms with Gasteiger partial charge in [-0.15, -0.1) is 0 Å². The number of nitrogens with zero attached hydrogens (tertiary/aromatic N) is 4. The first-order chi connectivity index (χ1) is 14.2. The first kappa shape index (κ1) is 21.6. The van der Waals surface area contributed by atoms with Crippen LogP contribution < -0.4 is 10.6 Å². The van der Waals surface area contributed by atoms with Crippen molar-refractivity contribution in [1.29, 1.82) is 0 Å². The monoisotopic (exact) mass is 446 g/mol. The van der Waals surface area contributed by atoms with Crippen molar-refractivity contribution in [3.8, 4) is 5.82 Å². The van der Waals surface area contributed by atoms with E-state index in [0.29, 0.717) is 32.8 Å². The second-order valence-corrected chi connectivity index (χ2v) is 8.26. The molecule has 3 rings (SSSR count). The molecule has 156 valence electrons. The van der Waals surface area contributed by atoms with E-state index in [1.54, 1.807) is 25.1 Å². The maximum atomic E-state index is 12.7. The van der Waals surface area contributed by atoms with Crippen LogP contribution in [0.15, 0.2) is 47.8 Å². The first-order valence-electron chi connectivity index (χ1n) is 8.83. The molecule has 0 spiro atoms. The van der Waals surface area contributed by atoms with Crippen LogP contribution in [0.5, 0.6) is 0 Å². The Morgan fingerprint density at radius 3 is 2.60 bits per heavy atom. The zero-order chi connectivity index (χ0) is 21.8. The van der Waals surface area contributed by atoms with Crippen molar-refractivity contribution in [2.75, 3.05) is 11.6 Å². The normalized spacial score (nSPS) is 12.8. The third kappa shape index (κ3) is 5.08. The molecular weight excluding hydrogens is 428 g/mol. The molecule has 2 aromatic heterocycles. The maximum absolute atomic E-state index is 12.7. The molecule has 0 bridgehead atoms. The molecule has 0 fully saturated rings. The van der Waals surface area contributed by atoms with Gasteiger partial charge in [-0.2, -0.15) is 9.78 Å². The minimum absolute atomic E-state index is 0.196. The number of nitrogens with one attached hydrogen (secondary N) is 2. The number of halogens is 1. The van der Waals surface area contributed by atoms with Crippen LogP contribution in [0.2, 0.25) is 5.02 Å². The molecule has 0 saturated carbocycles. The standard InChI is InChI=1S/C19H19ClN6O3S/c1-11(24-19(28)13-6-14(20)8-16(7-13)30(3)29)18-22-10-23-26(18)17-5-4-15(9-21-17)25-12(2)27/h4-11H,1-3H3,(H,24,28)(H,25,27)/t11-,30+/m0/s1. The number of aromatic nitrogens is 4. The van der Waals surface area contributed by atoms with E-state index in [0.717, 1.165) is 0 Å². The molecule has 2 amide bonds. The number of pyridine rings is 1. The molecule has 0 aliphatic rings. The Kier molecular flexibility index (Phi) is 6.58. The summed E-state index contributed by atoms with van der Waals surface area (Å²) in [6.07, 6.45) is 4.38. The van der Waals surface area contributed by atoms with Gasteiger partial charge in [-0.05, 0) is 37.3 Å². The summed E-state index contributed by atoms with van der Waals surface area (Å²) in [5, 5.41) is 9.97. The van der Waals surface area contributed by atoms with Crippen molar-refractivity contribution >= 4 is 39.9 Å². The van der Waals surface area contributed by atoms with Gasteiger partial charge < -0.3 is 10.6 Å². The summed E-state index contributed by atoms with van der Waals surface area (Å²) in [5.74, 6) is 0.354. The summed E-state index contributed by atoms with van der Waals surface area (Å²) in [7, 11) is -1.27. The predicted octanol–water partition coefficient (Wildman–Crippen LogP) is 2.50. The van der Waals surface area contributed by atoms with Crippen molar-refractivity contribution in [1.82, 2.24) is 25.1 Å². The second kappa shape index (κ2) is 9.14. The van der Waals surface area contributed by atoms with Gasteiger partial charge in [0.1, 0.15) is 6.33 Å². The number of carbonyl (C=O) groups excluding carboxylic acids is 2. The van der Waals surface area contributed by atoms with Crippen LogP contribution >= 0.6 is 11.6 Å². The van der Waals surface area contributed by atoms with Crippen molar-refractivity contribution in [2.45, 2.75) is 24.8 Å². The van der Waals surface area contributed by atoms with E-state index in [2.05, 4.69) is 25.7 Å². The summed E-state index contributed by atoms with van der Waals surface area (Å²) in [5.41, 5.74) is 0.850. The van der Waals surface area contributed by atoms with Crippen LogP contribution in [0.25, 0.3) is 5.82 Å². The predicted molar refractivity (Wildman–Crippen MR) is 113 cm³/mol. The molecule has 3 aromatic rings. The average Bonchev–Trinajstić information content (AvgIpc) is 3.17. The van der Waals surface area contributed by atoms with E-state index in [9.17, 15) is 13.8 Å². The van der Waals surface area contributed by atoms with Gasteiger partial charge >= 0.3 is 0 Å². The van der Waals surface area contributed by atoms with Gasteiger partial charge in [-0.3, -0.25) is 13.8 Å². The summed E-state index contributed by atoms with van der Waals surface area (Å²) >= 11 is 6.05. The van der Waals surface area contributed by atoms with Gasteiger partial charge in [-0.1, -0.05) is 11.6 Å². The Labute approximate surface area is 180 Å². The van der Waals surface area contributed by atoms with Crippen LogP contribution in [0.4, 0.5) is 5.69 Å². The Hall–Kier alpha value is -3.11. The Balaban J connectivity index is 1.80. The molecule has 2 N–H and O–H groups in total. The highest BCUT2D eigenvalue weighted by Gasteiger charge is 2.19. The fraction of sp³-hybridized carbons (Fsp3) is 0.211. The number of carbonyl (C=O) groups is 2. The largest absolute Gasteiger partial charge is 0.342 e. The van der Waals surface area contributed by atoms with Crippen LogP contribution in [0.3, 0.4) is 0 Å². The lowest BCUT2D eigenvalue weighted by atomic mass is 10.2. The zero-order valence-electron chi connectivity index (χ0n) is 16.4. The Morgan fingerprint density at radius 2 is 1.97 bits per heavy atom. The third-order valence-electron chi connectivity index (χ3n) is 4.06. The van der Waals surface area contributed by atoms with Gasteiger partial charge in [-0.25, -0.2) is 9.97 Å². The summed E-state index contributed by atoms with van der Waals surface area (Å²) in [6.45, 7) is 3.17. The molecule has 9 nitrogen and oxygen atoms in total. The van der Waals surface area contributed by atoms with Gasteiger partial charge in [0.2, 0.25) is 5.91 Å². The number of benzene rings is 1. The van der Waals surface area contributed by atoms with Crippen LogP contribution in [0, 0.1) is 0 Å². The lowest BCUT2D eigenvalue weighted by Gasteiger charge is -2.15. The van der Waals surface area contributed by atoms with Crippen LogP contribution in [-0.2, 0) is 15.6 Å². The van der Waals surface area contributed by atoms with Gasteiger partial charge in [0, 0.05) is 39.5 Å². The molecule has 0 radical (unpaired) electrons. The van der Waals surface area contributed by atoms with Crippen molar-refractivity contribution in [3.05, 3.63) is 59.3 Å². The maximum Gasteiger partial charge on any atom is 0.251 e. The van der Waals surface area contributed by atoms with Crippen molar-refractivity contribution < 1.29 is 13.8 Å². The number of hydrogen-bond donors (Lipinski definition) is 2. The van der Waals surface area contributed by atoms with E-state index >= 15 is 0 Å². The molecule has 2 heterocycles. The van der Waals surface area contributed by atoms with E-state index in [-0.39, 0.29) is 11.8 Å². The fourth-order valence-electron chi connectivity index (χ4n) is 2.72. The van der Waals surface area contributed by atoms with Gasteiger partial charge in [0.15, 0.2) is 11.6 Å². The topological polar surface area (TPSA) is 119 Å². The highest BCUT2D eigenvalue weighted by Crippen LogP contribution is 2.19. The third-order valence-corrected chi connectivity index (χ3v) is 5.18. The molecule has 0 aliphatic heterocycles. The average molecular weight is 447 g/mol. The molecule has 0 unspecified atom stereocenters. The first-order valence-corrected chi connectivity index (χ1v) is 10.8. The number of rotatable bonds is 6. The summed E-state index contributed by atoms with van der Waals surface area (Å²) < 4.78 is 13.2. The molecular formula is C19H19ClN6O3S. The SMILES string of the molecule is CC(=O)Nc1ccc(-n2ncnc2[C@H](C)NC(=O)c2cc(Cl)cc([S@@](C)=O)c2)nc1. The van der Waals surface area contributed by atoms with Crippen LogP contribution in [0.1, 0.15) is 36.1 Å². The number of amides is 2. The number of anilines is 1. The summed E-state index contributed by atoms with van der Waals surface area (Å²) in [6, 6.07) is 7.47. The van der Waals surface area contributed by atoms with E-state index in [1.165, 1.54) is 42.5 Å². The molecule has 0 aliphatic carbocycles. The molecule has 1 aromatic carbocycles. The second-order valence-electron chi connectivity index (χ2n) is 6.44. The lowest BCUT2D eigenvalue weighted by molar-refractivity contribution is -0.114. The highest BCUT2D eigenvalue weighted by molar-refractivity contribution is 7.84. The fourth-order valence-corrected chi connectivity index (χ4v) is 3.60. The van der Waals surface area contributed by atoms with Crippen LogP contribution in [-0.4, -0.2) is 42.0 Å². The highest BCUT2D eigenvalue weighted by atomic mass is 35.5. The number of hydrogen-bond acceptors (Lipinski definition) is 6. The van der Waals surface area contributed by atoms with E-state index in [1.807, 2.05) is 0 Å². The smallest absolute Gasteiger partial charge is 0.251 e. The lowest BCUT2D eigenvalue weighted by Crippen LogP contribution is -2.29. The van der Waals surface area contributed by atoms with Gasteiger partial charge in [0.05, 0.1) is 17.9 Å². The molecule has 11 heteroatoms. The minimum Gasteiger partial charge on any atom is -0.342 e. The molecule has 0 saturated heterocycles. The van der Waals surface area contributed by atoms with E-state index in [4.69, 9.17) is 11.6 Å². The quantitative estimate of drug-likeness (QED) is 0.600. The summed E-state index contributed by atoms with van der Waals surface area (Å²) in [4.78, 5) is 32.8. The molecule has 2 atom stereocenters. The Morgan fingerprint density at radius 1 is 1.20 bits per heavy atom. The Bertz CT molecular complexity index is 1120. The zero-order valence-corrected chi connectivity index (χ0v) is 18.0.